The number of amides is 2. The number of benzene rings is 1. The average Bonchev–Trinajstić information content (AvgIpc) is 2.38. The van der Waals surface area contributed by atoms with Gasteiger partial charge >= 0.3 is 0 Å². The maximum Gasteiger partial charge on any atom is 0.251 e. The zero-order chi connectivity index (χ0) is 16.1. The minimum Gasteiger partial charge on any atom is -0.352 e. The van der Waals surface area contributed by atoms with Crippen LogP contribution in [-0.2, 0) is 4.79 Å². The second-order valence-corrected chi connectivity index (χ2v) is 6.41. The molecule has 1 saturated heterocycles. The van der Waals surface area contributed by atoms with Crippen LogP contribution in [-0.4, -0.2) is 31.4 Å². The van der Waals surface area contributed by atoms with Crippen molar-refractivity contribution < 1.29 is 9.59 Å². The van der Waals surface area contributed by atoms with Gasteiger partial charge < -0.3 is 16.0 Å². The van der Waals surface area contributed by atoms with Crippen LogP contribution >= 0.6 is 0 Å². The SMILES string of the molecule is Cc1cc(C(=O)NCC2CNC2)ccc1NC(=O)CC(C)C. The second kappa shape index (κ2) is 7.40. The lowest BCUT2D eigenvalue weighted by atomic mass is 10.0. The maximum atomic E-state index is 12.1. The second-order valence-electron chi connectivity index (χ2n) is 6.41. The molecule has 1 aromatic carbocycles. The van der Waals surface area contributed by atoms with Gasteiger partial charge in [0, 0.05) is 43.2 Å². The number of nitrogens with one attached hydrogen (secondary N) is 3. The normalized spacial score (nSPS) is 14.5. The summed E-state index contributed by atoms with van der Waals surface area (Å²) in [5.74, 6) is 0.814. The van der Waals surface area contributed by atoms with Crippen LogP contribution in [0.2, 0.25) is 0 Å². The summed E-state index contributed by atoms with van der Waals surface area (Å²) in [6.07, 6.45) is 0.497. The van der Waals surface area contributed by atoms with Gasteiger partial charge in [0.1, 0.15) is 0 Å². The highest BCUT2D eigenvalue weighted by molar-refractivity contribution is 5.96. The molecule has 0 radical (unpaired) electrons. The molecule has 0 spiro atoms. The summed E-state index contributed by atoms with van der Waals surface area (Å²) < 4.78 is 0. The number of anilines is 1. The van der Waals surface area contributed by atoms with E-state index in [-0.39, 0.29) is 11.8 Å². The van der Waals surface area contributed by atoms with Crippen molar-refractivity contribution in [3.05, 3.63) is 29.3 Å². The topological polar surface area (TPSA) is 70.2 Å². The summed E-state index contributed by atoms with van der Waals surface area (Å²) in [6, 6.07) is 5.37. The van der Waals surface area contributed by atoms with Gasteiger partial charge in [-0.1, -0.05) is 13.8 Å². The Morgan fingerprint density at radius 2 is 2.05 bits per heavy atom. The van der Waals surface area contributed by atoms with Crippen LogP contribution in [0.25, 0.3) is 0 Å². The fraction of sp³-hybridized carbons (Fsp3) is 0.529. The lowest BCUT2D eigenvalue weighted by Crippen LogP contribution is -2.48. The van der Waals surface area contributed by atoms with Gasteiger partial charge in [0.05, 0.1) is 0 Å². The molecule has 0 bridgehead atoms. The molecule has 3 N–H and O–H groups in total. The van der Waals surface area contributed by atoms with Crippen molar-refractivity contribution in [3.63, 3.8) is 0 Å². The molecule has 22 heavy (non-hydrogen) atoms. The summed E-state index contributed by atoms with van der Waals surface area (Å²) in [4.78, 5) is 23.9. The molecule has 0 unspecified atom stereocenters. The van der Waals surface area contributed by atoms with Gasteiger partial charge in [0.15, 0.2) is 0 Å². The Bertz CT molecular complexity index is 551. The molecule has 5 heteroatoms. The predicted octanol–water partition coefficient (Wildman–Crippen LogP) is 1.93. The van der Waals surface area contributed by atoms with E-state index in [1.54, 1.807) is 12.1 Å². The lowest BCUT2D eigenvalue weighted by Gasteiger charge is -2.27. The van der Waals surface area contributed by atoms with Gasteiger partial charge in [0.2, 0.25) is 5.91 Å². The largest absolute Gasteiger partial charge is 0.352 e. The van der Waals surface area contributed by atoms with Crippen molar-refractivity contribution in [2.75, 3.05) is 25.0 Å². The molecule has 5 nitrogen and oxygen atoms in total. The zero-order valence-electron chi connectivity index (χ0n) is 13.5. The standard InChI is InChI=1S/C17H25N3O2/c1-11(2)6-16(21)20-15-5-4-14(7-12(15)3)17(22)19-10-13-8-18-9-13/h4-5,7,11,13,18H,6,8-10H2,1-3H3,(H,19,22)(H,20,21). The molecule has 1 heterocycles. The van der Waals surface area contributed by atoms with E-state index < -0.39 is 0 Å². The molecule has 0 aliphatic carbocycles. The van der Waals surface area contributed by atoms with Crippen molar-refractivity contribution >= 4 is 17.5 Å². The van der Waals surface area contributed by atoms with Crippen molar-refractivity contribution in [2.45, 2.75) is 27.2 Å². The highest BCUT2D eigenvalue weighted by Gasteiger charge is 2.18. The Labute approximate surface area is 131 Å². The predicted molar refractivity (Wildman–Crippen MR) is 88.0 cm³/mol. The fourth-order valence-corrected chi connectivity index (χ4v) is 2.35. The number of hydrogen-bond acceptors (Lipinski definition) is 3. The third-order valence-electron chi connectivity index (χ3n) is 3.77. The van der Waals surface area contributed by atoms with E-state index in [4.69, 9.17) is 0 Å². The van der Waals surface area contributed by atoms with Gasteiger partial charge in [-0.2, -0.15) is 0 Å². The van der Waals surface area contributed by atoms with Crippen molar-refractivity contribution in [3.8, 4) is 0 Å². The quantitative estimate of drug-likeness (QED) is 0.752. The zero-order valence-corrected chi connectivity index (χ0v) is 13.5. The molecule has 1 aromatic rings. The van der Waals surface area contributed by atoms with Gasteiger partial charge in [0.25, 0.3) is 5.91 Å². The Morgan fingerprint density at radius 1 is 1.32 bits per heavy atom. The Kier molecular flexibility index (Phi) is 5.55. The van der Waals surface area contributed by atoms with E-state index in [0.29, 0.717) is 30.4 Å². The summed E-state index contributed by atoms with van der Waals surface area (Å²) in [7, 11) is 0. The fourth-order valence-electron chi connectivity index (χ4n) is 2.35. The molecule has 1 aliphatic heterocycles. The minimum atomic E-state index is -0.0601. The van der Waals surface area contributed by atoms with Crippen molar-refractivity contribution in [1.29, 1.82) is 0 Å². The molecule has 2 rings (SSSR count). The number of rotatable bonds is 6. The average molecular weight is 303 g/mol. The first-order chi connectivity index (χ1) is 10.5. The molecule has 0 saturated carbocycles. The third kappa shape index (κ3) is 4.56. The van der Waals surface area contributed by atoms with Crippen LogP contribution in [0.1, 0.15) is 36.2 Å². The third-order valence-corrected chi connectivity index (χ3v) is 3.77. The van der Waals surface area contributed by atoms with Crippen molar-refractivity contribution in [1.82, 2.24) is 10.6 Å². The van der Waals surface area contributed by atoms with Crippen LogP contribution in [0.15, 0.2) is 18.2 Å². The van der Waals surface area contributed by atoms with Gasteiger partial charge in [-0.05, 0) is 36.6 Å². The van der Waals surface area contributed by atoms with Gasteiger partial charge in [-0.25, -0.2) is 0 Å². The van der Waals surface area contributed by atoms with Crippen LogP contribution in [0.4, 0.5) is 5.69 Å². The van der Waals surface area contributed by atoms with Crippen LogP contribution in [0, 0.1) is 18.8 Å². The number of carbonyl (C=O) groups is 2. The van der Waals surface area contributed by atoms with E-state index in [1.165, 1.54) is 0 Å². The number of aryl methyl sites for hydroxylation is 1. The maximum absolute atomic E-state index is 12.1. The van der Waals surface area contributed by atoms with Crippen LogP contribution < -0.4 is 16.0 Å². The Morgan fingerprint density at radius 3 is 2.59 bits per heavy atom. The van der Waals surface area contributed by atoms with E-state index >= 15 is 0 Å². The molecule has 1 aliphatic rings. The van der Waals surface area contributed by atoms with Crippen molar-refractivity contribution in [2.24, 2.45) is 11.8 Å². The first-order valence-corrected chi connectivity index (χ1v) is 7.85. The smallest absolute Gasteiger partial charge is 0.251 e. The molecular weight excluding hydrogens is 278 g/mol. The summed E-state index contributed by atoms with van der Waals surface area (Å²) in [6.45, 7) is 8.57. The Balaban J connectivity index is 1.93. The number of carbonyl (C=O) groups excluding carboxylic acids is 2. The highest BCUT2D eigenvalue weighted by atomic mass is 16.2. The summed E-state index contributed by atoms with van der Waals surface area (Å²) >= 11 is 0. The van der Waals surface area contributed by atoms with E-state index in [1.807, 2.05) is 26.8 Å². The molecule has 1 fully saturated rings. The van der Waals surface area contributed by atoms with E-state index in [2.05, 4.69) is 16.0 Å². The molecule has 0 aromatic heterocycles. The monoisotopic (exact) mass is 303 g/mol. The molecule has 0 atom stereocenters. The minimum absolute atomic E-state index is 0.00721. The van der Waals surface area contributed by atoms with E-state index in [0.717, 1.165) is 24.3 Å². The van der Waals surface area contributed by atoms with E-state index in [9.17, 15) is 9.59 Å². The van der Waals surface area contributed by atoms with Crippen LogP contribution in [0.3, 0.4) is 0 Å². The van der Waals surface area contributed by atoms with Gasteiger partial charge in [-0.15, -0.1) is 0 Å². The van der Waals surface area contributed by atoms with Gasteiger partial charge in [-0.3, -0.25) is 9.59 Å². The number of hydrogen-bond donors (Lipinski definition) is 3. The lowest BCUT2D eigenvalue weighted by molar-refractivity contribution is -0.116. The highest BCUT2D eigenvalue weighted by Crippen LogP contribution is 2.17. The summed E-state index contributed by atoms with van der Waals surface area (Å²) in [5, 5.41) is 9.03. The molecule has 2 amide bonds. The molecule has 120 valence electrons. The summed E-state index contributed by atoms with van der Waals surface area (Å²) in [5.41, 5.74) is 2.30. The first-order valence-electron chi connectivity index (χ1n) is 7.85. The first kappa shape index (κ1) is 16.5. The Hall–Kier alpha value is -1.88. The van der Waals surface area contributed by atoms with Crippen LogP contribution in [0.5, 0.6) is 0 Å². The molecular formula is C17H25N3O2.